The van der Waals surface area contributed by atoms with Crippen LogP contribution < -0.4 is 20.2 Å². The molecule has 5 N–H and O–H groups in total. The minimum atomic E-state index is -1.32. The summed E-state index contributed by atoms with van der Waals surface area (Å²) in [7, 11) is 3.05. The summed E-state index contributed by atoms with van der Waals surface area (Å²) in [4.78, 5) is 7.80. The molecule has 2 aromatic carbocycles. The van der Waals surface area contributed by atoms with E-state index >= 15 is 0 Å². The molecule has 1 atom stereocenters. The Labute approximate surface area is 239 Å². The van der Waals surface area contributed by atoms with Gasteiger partial charge in [-0.05, 0) is 42.0 Å². The van der Waals surface area contributed by atoms with Crippen molar-refractivity contribution in [3.05, 3.63) is 76.8 Å². The summed E-state index contributed by atoms with van der Waals surface area (Å²) in [5.41, 5.74) is 10.1. The number of methoxy groups -OCH3 is 1. The van der Waals surface area contributed by atoms with E-state index in [0.717, 1.165) is 5.56 Å². The van der Waals surface area contributed by atoms with Crippen molar-refractivity contribution in [1.29, 1.82) is 5.26 Å². The van der Waals surface area contributed by atoms with Gasteiger partial charge in [-0.2, -0.15) is 15.2 Å². The predicted octanol–water partition coefficient (Wildman–Crippen LogP) is 4.01. The highest BCUT2D eigenvalue weighted by atomic mass is 35.5. The van der Waals surface area contributed by atoms with Gasteiger partial charge in [-0.3, -0.25) is 0 Å². The van der Waals surface area contributed by atoms with Gasteiger partial charge in [-0.1, -0.05) is 23.7 Å². The number of oxazole rings is 1. The first-order valence-corrected chi connectivity index (χ1v) is 12.9. The van der Waals surface area contributed by atoms with Crippen LogP contribution >= 0.6 is 11.6 Å². The number of aryl methyl sites for hydroxylation is 1. The lowest BCUT2D eigenvalue weighted by Gasteiger charge is -2.13. The average Bonchev–Trinajstić information content (AvgIpc) is 3.56. The number of pyridine rings is 1. The van der Waals surface area contributed by atoms with Crippen LogP contribution in [0.4, 0.5) is 5.69 Å². The molecule has 0 aliphatic heterocycles. The van der Waals surface area contributed by atoms with Crippen LogP contribution in [-0.4, -0.2) is 40.1 Å². The number of hydrogen-bond donors (Lipinski definition) is 3. The fraction of sp³-hybridized carbons (Fsp3) is 0.207. The van der Waals surface area contributed by atoms with Crippen molar-refractivity contribution in [2.45, 2.75) is 12.9 Å². The number of rotatable bonds is 10. The van der Waals surface area contributed by atoms with Gasteiger partial charge in [0.15, 0.2) is 19.2 Å². The van der Waals surface area contributed by atoms with E-state index in [1.165, 1.54) is 13.4 Å². The van der Waals surface area contributed by atoms with Gasteiger partial charge in [0, 0.05) is 24.7 Å². The van der Waals surface area contributed by atoms with Gasteiger partial charge in [-0.15, -0.1) is 0 Å². The van der Waals surface area contributed by atoms with Crippen LogP contribution in [0.15, 0.2) is 59.2 Å². The predicted molar refractivity (Wildman–Crippen MR) is 150 cm³/mol. The van der Waals surface area contributed by atoms with Gasteiger partial charge in [0.2, 0.25) is 5.88 Å². The number of aliphatic hydroxyl groups excluding tert-OH is 2. The molecule has 0 bridgehead atoms. The summed E-state index contributed by atoms with van der Waals surface area (Å²) < 4.78 is 24.0. The molecule has 0 saturated heterocycles. The van der Waals surface area contributed by atoms with Gasteiger partial charge < -0.3 is 39.1 Å². The van der Waals surface area contributed by atoms with Crippen LogP contribution in [0.5, 0.6) is 11.6 Å². The van der Waals surface area contributed by atoms with E-state index in [9.17, 15) is 10.4 Å². The fourth-order valence-electron chi connectivity index (χ4n) is 4.55. The van der Waals surface area contributed by atoms with Crippen LogP contribution in [0.25, 0.3) is 33.6 Å². The molecule has 0 radical (unpaired) electrons. The van der Waals surface area contributed by atoms with E-state index < -0.39 is 6.29 Å². The molecule has 0 aliphatic carbocycles. The molecule has 11 nitrogen and oxygen atoms in total. The van der Waals surface area contributed by atoms with Crippen molar-refractivity contribution in [2.24, 2.45) is 7.05 Å². The third kappa shape index (κ3) is 5.41. The maximum Gasteiger partial charge on any atom is 0.379 e. The normalized spacial score (nSPS) is 11.9. The van der Waals surface area contributed by atoms with E-state index in [1.807, 2.05) is 12.1 Å². The van der Waals surface area contributed by atoms with Crippen molar-refractivity contribution < 1.29 is 33.8 Å². The SMILES string of the molecule is COC(O)c1c(N)c2c(-c3ccc(OCCO)cc3)c(C#N)c(OCc3coc(-c4ccc(Cl)cc4)[nH+]3)nc2n1C. The zero-order valence-electron chi connectivity index (χ0n) is 22.2. The lowest BCUT2D eigenvalue weighted by atomic mass is 9.97. The minimum absolute atomic E-state index is 0.0190. The largest absolute Gasteiger partial charge is 0.491 e. The van der Waals surface area contributed by atoms with Crippen LogP contribution in [0.1, 0.15) is 23.2 Å². The first kappa shape index (κ1) is 27.9. The molecule has 210 valence electrons. The summed E-state index contributed by atoms with van der Waals surface area (Å²) >= 11 is 5.98. The number of aromatic amines is 1. The van der Waals surface area contributed by atoms with E-state index in [1.54, 1.807) is 48.0 Å². The lowest BCUT2D eigenvalue weighted by Crippen LogP contribution is -2.12. The number of halogens is 1. The molecule has 12 heteroatoms. The smallest absolute Gasteiger partial charge is 0.379 e. The summed E-state index contributed by atoms with van der Waals surface area (Å²) in [6.07, 6.45) is 0.201. The Balaban J connectivity index is 1.59. The number of H-pyrrole nitrogens is 1. The van der Waals surface area contributed by atoms with E-state index in [-0.39, 0.29) is 42.6 Å². The summed E-state index contributed by atoms with van der Waals surface area (Å²) in [5, 5.41) is 31.0. The van der Waals surface area contributed by atoms with Crippen molar-refractivity contribution >= 4 is 28.3 Å². The van der Waals surface area contributed by atoms with E-state index in [2.05, 4.69) is 16.0 Å². The van der Waals surface area contributed by atoms with Crippen LogP contribution in [0.2, 0.25) is 5.02 Å². The standard InChI is InChI=1S/C29H26ClN5O6/c1-35-25(29(37)38-2)24(32)23-22(16-5-9-20(10-6-16)39-12-11-36)21(13-31)28(34-26(23)35)41-15-19-14-40-27(33-19)17-3-7-18(30)8-4-17/h3-10,14,29,36-37H,11-12,15,32H2,1-2H3/p+1. The van der Waals surface area contributed by atoms with Crippen molar-refractivity contribution in [3.8, 4) is 40.3 Å². The molecule has 41 heavy (non-hydrogen) atoms. The molecule has 3 heterocycles. The second-order valence-electron chi connectivity index (χ2n) is 9.03. The van der Waals surface area contributed by atoms with Gasteiger partial charge in [0.25, 0.3) is 5.69 Å². The summed E-state index contributed by atoms with van der Waals surface area (Å²) in [6.45, 7) is 0.0481. The molecule has 1 unspecified atom stereocenters. The monoisotopic (exact) mass is 576 g/mol. The Morgan fingerprint density at radius 3 is 2.51 bits per heavy atom. The number of nitrogen functional groups attached to an aromatic ring is 1. The molecule has 3 aromatic heterocycles. The number of aromatic nitrogens is 3. The van der Waals surface area contributed by atoms with E-state index in [0.29, 0.717) is 44.5 Å². The molecule has 5 rings (SSSR count). The number of fused-ring (bicyclic) bond motifs is 1. The van der Waals surface area contributed by atoms with Crippen LogP contribution in [0.3, 0.4) is 0 Å². The molecule has 0 aliphatic rings. The maximum absolute atomic E-state index is 10.5. The zero-order valence-corrected chi connectivity index (χ0v) is 23.0. The Morgan fingerprint density at radius 2 is 1.85 bits per heavy atom. The van der Waals surface area contributed by atoms with Gasteiger partial charge in [0.05, 0.1) is 28.9 Å². The van der Waals surface area contributed by atoms with Gasteiger partial charge in [0.1, 0.15) is 29.6 Å². The Hall–Kier alpha value is -4.60. The van der Waals surface area contributed by atoms with Crippen molar-refractivity contribution in [3.63, 3.8) is 0 Å². The first-order valence-electron chi connectivity index (χ1n) is 12.5. The van der Waals surface area contributed by atoms with Crippen molar-refractivity contribution in [2.75, 3.05) is 26.1 Å². The molecule has 0 spiro atoms. The number of hydrogen-bond acceptors (Lipinski definition) is 9. The third-order valence-corrected chi connectivity index (χ3v) is 6.76. The average molecular weight is 577 g/mol. The molecule has 5 aromatic rings. The minimum Gasteiger partial charge on any atom is -0.491 e. The third-order valence-electron chi connectivity index (χ3n) is 6.51. The Kier molecular flexibility index (Phi) is 8.09. The quantitative estimate of drug-likeness (QED) is 0.208. The Morgan fingerprint density at radius 1 is 1.15 bits per heavy atom. The number of aliphatic hydroxyl groups is 2. The second kappa shape index (κ2) is 11.9. The number of nitrogens with two attached hydrogens (primary N) is 1. The number of nitriles is 1. The highest BCUT2D eigenvalue weighted by Gasteiger charge is 2.28. The fourth-order valence-corrected chi connectivity index (χ4v) is 4.68. The molecule has 0 saturated carbocycles. The Bertz CT molecular complexity index is 1720. The molecule has 0 amide bonds. The summed E-state index contributed by atoms with van der Waals surface area (Å²) in [6, 6.07) is 16.4. The molecule has 0 fully saturated rings. The first-order chi connectivity index (χ1) is 19.9. The summed E-state index contributed by atoms with van der Waals surface area (Å²) in [5.74, 6) is 1.13. The number of benzene rings is 2. The van der Waals surface area contributed by atoms with Gasteiger partial charge >= 0.3 is 5.89 Å². The molecular weight excluding hydrogens is 550 g/mol. The van der Waals surface area contributed by atoms with Crippen LogP contribution in [-0.2, 0) is 18.4 Å². The van der Waals surface area contributed by atoms with E-state index in [4.69, 9.17) is 41.1 Å². The topological polar surface area (TPSA) is 163 Å². The zero-order chi connectivity index (χ0) is 29.1. The number of ether oxygens (including phenoxy) is 3. The highest BCUT2D eigenvalue weighted by molar-refractivity contribution is 6.30. The van der Waals surface area contributed by atoms with Crippen LogP contribution in [0, 0.1) is 11.3 Å². The second-order valence-corrected chi connectivity index (χ2v) is 9.47. The number of anilines is 1. The maximum atomic E-state index is 10.5. The van der Waals surface area contributed by atoms with Crippen molar-refractivity contribution in [1.82, 2.24) is 9.55 Å². The molecular formula is C29H27ClN5O6+. The van der Waals surface area contributed by atoms with Gasteiger partial charge in [-0.25, -0.2) is 0 Å². The number of nitrogens with one attached hydrogen (secondary N) is 1. The highest BCUT2D eigenvalue weighted by Crippen LogP contribution is 2.43. The lowest BCUT2D eigenvalue weighted by molar-refractivity contribution is -0.384. The number of nitrogens with zero attached hydrogens (tertiary/aromatic N) is 3.